The highest BCUT2D eigenvalue weighted by atomic mass is 32.2. The minimum atomic E-state index is -1.25. The van der Waals surface area contributed by atoms with E-state index in [1.165, 1.54) is 5.56 Å². The van der Waals surface area contributed by atoms with Crippen molar-refractivity contribution in [3.63, 3.8) is 0 Å². The average Bonchev–Trinajstić information content (AvgIpc) is 2.62. The van der Waals surface area contributed by atoms with Crippen molar-refractivity contribution in [2.45, 2.75) is 31.9 Å². The van der Waals surface area contributed by atoms with Crippen molar-refractivity contribution in [2.75, 3.05) is 11.1 Å². The first kappa shape index (κ1) is 19.1. The summed E-state index contributed by atoms with van der Waals surface area (Å²) in [6.45, 7) is 5.95. The van der Waals surface area contributed by atoms with Crippen LogP contribution in [0.15, 0.2) is 60.7 Å². The van der Waals surface area contributed by atoms with E-state index in [1.54, 1.807) is 6.92 Å². The molecule has 3 nitrogen and oxygen atoms in total. The Morgan fingerprint density at radius 1 is 1.04 bits per heavy atom. The molecule has 2 aromatic carbocycles. The number of hydrogen-bond acceptors (Lipinski definition) is 2. The lowest BCUT2D eigenvalue weighted by Gasteiger charge is -2.12. The maximum absolute atomic E-state index is 12.3. The molecular formula is C21H25NO2S. The summed E-state index contributed by atoms with van der Waals surface area (Å²) in [5.41, 5.74) is 3.01. The largest absolute Gasteiger partial charge is 0.325 e. The molecule has 1 amide bonds. The number of carbonyl (C=O) groups excluding carboxylic acids is 1. The van der Waals surface area contributed by atoms with Crippen molar-refractivity contribution in [2.24, 2.45) is 0 Å². The Morgan fingerprint density at radius 2 is 1.68 bits per heavy atom. The van der Waals surface area contributed by atoms with Crippen LogP contribution in [0.5, 0.6) is 0 Å². The van der Waals surface area contributed by atoms with Crippen LogP contribution < -0.4 is 5.32 Å². The standard InChI is InChI=1S/C21H25NO2S/c1-16(2)19-11-13-20(14-12-19)22-21(23)17(3)25(24)15-7-10-18-8-5-4-6-9-18/h4-14,16-17H,15H2,1-3H3,(H,22,23). The van der Waals surface area contributed by atoms with Crippen LogP contribution in [0.25, 0.3) is 6.08 Å². The van der Waals surface area contributed by atoms with Gasteiger partial charge in [-0.2, -0.15) is 0 Å². The Labute approximate surface area is 152 Å². The summed E-state index contributed by atoms with van der Waals surface area (Å²) in [5, 5.41) is 2.28. The van der Waals surface area contributed by atoms with Crippen LogP contribution in [0, 0.1) is 0 Å². The highest BCUT2D eigenvalue weighted by molar-refractivity contribution is 7.86. The van der Waals surface area contributed by atoms with Crippen LogP contribution in [-0.2, 0) is 15.6 Å². The minimum Gasteiger partial charge on any atom is -0.325 e. The Bertz CT molecular complexity index is 736. The van der Waals surface area contributed by atoms with Gasteiger partial charge in [0.2, 0.25) is 5.91 Å². The van der Waals surface area contributed by atoms with Crippen molar-refractivity contribution in [1.82, 2.24) is 0 Å². The van der Waals surface area contributed by atoms with E-state index in [9.17, 15) is 9.00 Å². The van der Waals surface area contributed by atoms with Crippen molar-refractivity contribution in [1.29, 1.82) is 0 Å². The second kappa shape index (κ2) is 9.33. The number of amides is 1. The molecule has 25 heavy (non-hydrogen) atoms. The van der Waals surface area contributed by atoms with Gasteiger partial charge in [-0.05, 0) is 36.1 Å². The zero-order chi connectivity index (χ0) is 18.2. The van der Waals surface area contributed by atoms with Crippen LogP contribution in [0.4, 0.5) is 5.69 Å². The fraction of sp³-hybridized carbons (Fsp3) is 0.286. The van der Waals surface area contributed by atoms with Crippen molar-refractivity contribution in [3.8, 4) is 0 Å². The van der Waals surface area contributed by atoms with E-state index in [2.05, 4.69) is 19.2 Å². The van der Waals surface area contributed by atoms with Crippen LogP contribution in [-0.4, -0.2) is 21.1 Å². The predicted molar refractivity (Wildman–Crippen MR) is 107 cm³/mol. The quantitative estimate of drug-likeness (QED) is 0.789. The molecule has 0 radical (unpaired) electrons. The summed E-state index contributed by atoms with van der Waals surface area (Å²) in [4.78, 5) is 12.3. The first-order chi connectivity index (χ1) is 12.0. The molecule has 0 spiro atoms. The topological polar surface area (TPSA) is 46.2 Å². The zero-order valence-electron chi connectivity index (χ0n) is 14.9. The molecule has 2 atom stereocenters. The van der Waals surface area contributed by atoms with Crippen LogP contribution in [0.3, 0.4) is 0 Å². The molecule has 2 rings (SSSR count). The third-order valence-corrected chi connectivity index (χ3v) is 5.50. The lowest BCUT2D eigenvalue weighted by atomic mass is 10.0. The van der Waals surface area contributed by atoms with Gasteiger partial charge in [-0.25, -0.2) is 0 Å². The Balaban J connectivity index is 1.88. The first-order valence-corrected chi connectivity index (χ1v) is 9.85. The molecule has 0 bridgehead atoms. The van der Waals surface area contributed by atoms with Crippen LogP contribution in [0.1, 0.15) is 37.8 Å². The Kier molecular flexibility index (Phi) is 7.14. The number of hydrogen-bond donors (Lipinski definition) is 1. The summed E-state index contributed by atoms with van der Waals surface area (Å²) in [7, 11) is -1.25. The van der Waals surface area contributed by atoms with E-state index < -0.39 is 16.0 Å². The van der Waals surface area contributed by atoms with E-state index in [-0.39, 0.29) is 5.91 Å². The molecule has 2 unspecified atom stereocenters. The summed E-state index contributed by atoms with van der Waals surface area (Å²) in [5.74, 6) is 0.590. The molecule has 4 heteroatoms. The third kappa shape index (κ3) is 5.98. The monoisotopic (exact) mass is 355 g/mol. The molecule has 0 saturated heterocycles. The lowest BCUT2D eigenvalue weighted by Crippen LogP contribution is -2.30. The van der Waals surface area contributed by atoms with Gasteiger partial charge in [-0.1, -0.05) is 68.5 Å². The zero-order valence-corrected chi connectivity index (χ0v) is 15.8. The molecule has 132 valence electrons. The summed E-state index contributed by atoms with van der Waals surface area (Å²) < 4.78 is 12.3. The maximum atomic E-state index is 12.3. The van der Waals surface area contributed by atoms with E-state index >= 15 is 0 Å². The first-order valence-electron chi connectivity index (χ1n) is 8.47. The fourth-order valence-corrected chi connectivity index (χ4v) is 3.17. The van der Waals surface area contributed by atoms with E-state index in [0.717, 1.165) is 11.3 Å². The van der Waals surface area contributed by atoms with E-state index in [0.29, 0.717) is 11.7 Å². The molecule has 0 aliphatic carbocycles. The van der Waals surface area contributed by atoms with Gasteiger partial charge in [-0.15, -0.1) is 0 Å². The maximum Gasteiger partial charge on any atom is 0.239 e. The molecule has 0 fully saturated rings. The summed E-state index contributed by atoms with van der Waals surface area (Å²) in [6.07, 6.45) is 3.78. The Hall–Kier alpha value is -2.20. The SMILES string of the molecule is CC(C)c1ccc(NC(=O)C(C)S(=O)CC=Cc2ccccc2)cc1. The van der Waals surface area contributed by atoms with Crippen LogP contribution in [0.2, 0.25) is 0 Å². The number of nitrogens with one attached hydrogen (secondary N) is 1. The molecule has 0 aliphatic heterocycles. The van der Waals surface area contributed by atoms with Gasteiger partial charge in [0.15, 0.2) is 0 Å². The summed E-state index contributed by atoms with van der Waals surface area (Å²) in [6, 6.07) is 17.6. The smallest absolute Gasteiger partial charge is 0.239 e. The molecule has 0 aromatic heterocycles. The minimum absolute atomic E-state index is 0.219. The van der Waals surface area contributed by atoms with Crippen molar-refractivity contribution >= 4 is 28.5 Å². The number of benzene rings is 2. The van der Waals surface area contributed by atoms with Gasteiger partial charge in [0.05, 0.1) is 0 Å². The number of rotatable bonds is 7. The molecule has 1 N–H and O–H groups in total. The van der Waals surface area contributed by atoms with Gasteiger partial charge in [0.25, 0.3) is 0 Å². The van der Waals surface area contributed by atoms with Gasteiger partial charge < -0.3 is 5.32 Å². The van der Waals surface area contributed by atoms with Crippen molar-refractivity contribution in [3.05, 3.63) is 71.8 Å². The number of anilines is 1. The lowest BCUT2D eigenvalue weighted by molar-refractivity contribution is -0.115. The fourth-order valence-electron chi connectivity index (χ4n) is 2.30. The highest BCUT2D eigenvalue weighted by Gasteiger charge is 2.19. The third-order valence-electron chi connectivity index (χ3n) is 3.98. The predicted octanol–water partition coefficient (Wildman–Crippen LogP) is 4.60. The van der Waals surface area contributed by atoms with Crippen LogP contribution >= 0.6 is 0 Å². The van der Waals surface area contributed by atoms with Gasteiger partial charge in [-0.3, -0.25) is 9.00 Å². The molecule has 0 heterocycles. The number of carbonyl (C=O) groups is 1. The van der Waals surface area contributed by atoms with E-state index in [1.807, 2.05) is 66.7 Å². The van der Waals surface area contributed by atoms with Crippen molar-refractivity contribution < 1.29 is 9.00 Å². The Morgan fingerprint density at radius 3 is 2.28 bits per heavy atom. The second-order valence-corrected chi connectivity index (χ2v) is 8.07. The second-order valence-electron chi connectivity index (χ2n) is 6.27. The van der Waals surface area contributed by atoms with Gasteiger partial charge >= 0.3 is 0 Å². The normalized spacial score (nSPS) is 13.8. The van der Waals surface area contributed by atoms with Gasteiger partial charge in [0, 0.05) is 22.2 Å². The highest BCUT2D eigenvalue weighted by Crippen LogP contribution is 2.17. The molecule has 2 aromatic rings. The average molecular weight is 356 g/mol. The van der Waals surface area contributed by atoms with E-state index in [4.69, 9.17) is 0 Å². The van der Waals surface area contributed by atoms with Gasteiger partial charge in [0.1, 0.15) is 5.25 Å². The summed E-state index contributed by atoms with van der Waals surface area (Å²) >= 11 is 0. The molecular weight excluding hydrogens is 330 g/mol. The molecule has 0 saturated carbocycles. The molecule has 0 aliphatic rings.